The first-order chi connectivity index (χ1) is 14.4. The van der Waals surface area contributed by atoms with Gasteiger partial charge in [-0.15, -0.1) is 0 Å². The highest BCUT2D eigenvalue weighted by Gasteiger charge is 2.24. The lowest BCUT2D eigenvalue weighted by Gasteiger charge is -2.22. The molecule has 0 saturated heterocycles. The molecule has 1 saturated carbocycles. The third-order valence-electron chi connectivity index (χ3n) is 5.56. The maximum atomic E-state index is 13.0. The van der Waals surface area contributed by atoms with E-state index in [-0.39, 0.29) is 11.5 Å². The zero-order valence-electron chi connectivity index (χ0n) is 16.4. The van der Waals surface area contributed by atoms with Crippen LogP contribution in [0.5, 0.6) is 0 Å². The van der Waals surface area contributed by atoms with Crippen LogP contribution in [0.15, 0.2) is 46.9 Å². The second-order valence-corrected chi connectivity index (χ2v) is 10.1. The van der Waals surface area contributed by atoms with Gasteiger partial charge in [0.05, 0.1) is 16.8 Å². The van der Waals surface area contributed by atoms with E-state index in [1.54, 1.807) is 30.3 Å². The summed E-state index contributed by atoms with van der Waals surface area (Å²) in [5.41, 5.74) is 3.16. The second-order valence-electron chi connectivity index (χ2n) is 7.91. The number of hydrogen-bond donors (Lipinski definition) is 2. The zero-order valence-corrected chi connectivity index (χ0v) is 17.3. The van der Waals surface area contributed by atoms with Crippen molar-refractivity contribution in [1.82, 2.24) is 9.97 Å². The van der Waals surface area contributed by atoms with Gasteiger partial charge in [-0.3, -0.25) is 4.79 Å². The van der Waals surface area contributed by atoms with Gasteiger partial charge >= 0.3 is 0 Å². The van der Waals surface area contributed by atoms with Crippen LogP contribution in [0.1, 0.15) is 47.1 Å². The number of sulfone groups is 1. The largest absolute Gasteiger partial charge is 0.451 e. The van der Waals surface area contributed by atoms with Gasteiger partial charge in [-0.1, -0.05) is 24.6 Å². The molecular formula is C22H21N3O4S. The number of carbonyl (C=O) groups excluding carboxylic acids is 1. The van der Waals surface area contributed by atoms with Crippen LogP contribution in [0, 0.1) is 0 Å². The number of nitrogens with zero attached hydrogens (tertiary/aromatic N) is 1. The number of fused-ring (bicyclic) bond motifs is 2. The molecule has 154 valence electrons. The molecule has 1 amide bonds. The van der Waals surface area contributed by atoms with Crippen molar-refractivity contribution in [1.29, 1.82) is 0 Å². The van der Waals surface area contributed by atoms with Gasteiger partial charge in [0, 0.05) is 28.8 Å². The topological polar surface area (TPSA) is 105 Å². The van der Waals surface area contributed by atoms with E-state index in [9.17, 15) is 13.2 Å². The highest BCUT2D eigenvalue weighted by atomic mass is 32.2. The summed E-state index contributed by atoms with van der Waals surface area (Å²) in [6.45, 7) is 0. The van der Waals surface area contributed by atoms with E-state index in [1.807, 2.05) is 12.1 Å². The maximum Gasteiger partial charge on any atom is 0.291 e. The fourth-order valence-electron chi connectivity index (χ4n) is 3.86. The van der Waals surface area contributed by atoms with Gasteiger partial charge in [0.1, 0.15) is 11.4 Å². The molecule has 1 aliphatic rings. The van der Waals surface area contributed by atoms with Crippen LogP contribution < -0.4 is 5.32 Å². The Morgan fingerprint density at radius 3 is 2.77 bits per heavy atom. The molecule has 1 fully saturated rings. The Balaban J connectivity index is 1.47. The van der Waals surface area contributed by atoms with Crippen molar-refractivity contribution >= 4 is 43.4 Å². The summed E-state index contributed by atoms with van der Waals surface area (Å²) in [6, 6.07) is 12.5. The Bertz CT molecular complexity index is 1380. The zero-order chi connectivity index (χ0) is 20.9. The van der Waals surface area contributed by atoms with Crippen LogP contribution in [-0.4, -0.2) is 30.5 Å². The lowest BCUT2D eigenvalue weighted by molar-refractivity contribution is 0.0998. The molecule has 2 aromatic carbocycles. The molecule has 0 radical (unpaired) electrons. The van der Waals surface area contributed by atoms with E-state index in [0.29, 0.717) is 28.1 Å². The van der Waals surface area contributed by atoms with Gasteiger partial charge in [-0.2, -0.15) is 0 Å². The molecule has 0 bridgehead atoms. The number of anilines is 1. The summed E-state index contributed by atoms with van der Waals surface area (Å²) < 4.78 is 29.6. The lowest BCUT2D eigenvalue weighted by atomic mass is 9.85. The Morgan fingerprint density at radius 1 is 1.23 bits per heavy atom. The standard InChI is InChI=1S/C22H21N3O4S/c1-30(27,28)12-16-15-7-2-3-8-19(15)29-20(16)22(26)23-14-9-10-17-18(11-14)25-21(24-17)13-5-4-6-13/h2-3,7-11,13H,4-6,12H2,1H3,(H,23,26)(H,24,25). The molecule has 2 aromatic heterocycles. The molecule has 8 heteroatoms. The first-order valence-corrected chi connectivity index (χ1v) is 11.9. The molecule has 0 aliphatic heterocycles. The summed E-state index contributed by atoms with van der Waals surface area (Å²) in [4.78, 5) is 21.0. The van der Waals surface area contributed by atoms with Gasteiger partial charge in [-0.05, 0) is 37.1 Å². The lowest BCUT2D eigenvalue weighted by Crippen LogP contribution is -2.14. The third-order valence-corrected chi connectivity index (χ3v) is 6.37. The van der Waals surface area contributed by atoms with Crippen molar-refractivity contribution in [3.63, 3.8) is 0 Å². The minimum atomic E-state index is -3.35. The molecule has 2 N–H and O–H groups in total. The van der Waals surface area contributed by atoms with Gasteiger partial charge in [0.25, 0.3) is 5.91 Å². The van der Waals surface area contributed by atoms with Gasteiger partial charge in [-0.25, -0.2) is 13.4 Å². The van der Waals surface area contributed by atoms with Crippen molar-refractivity contribution in [3.8, 4) is 0 Å². The summed E-state index contributed by atoms with van der Waals surface area (Å²) >= 11 is 0. The van der Waals surface area contributed by atoms with Crippen molar-refractivity contribution in [3.05, 3.63) is 59.6 Å². The number of furan rings is 1. The van der Waals surface area contributed by atoms with Crippen LogP contribution in [0.3, 0.4) is 0 Å². The number of imidazole rings is 1. The normalized spacial score (nSPS) is 14.8. The van der Waals surface area contributed by atoms with Crippen molar-refractivity contribution < 1.29 is 17.6 Å². The molecule has 7 nitrogen and oxygen atoms in total. The number of benzene rings is 2. The highest BCUT2D eigenvalue weighted by molar-refractivity contribution is 7.89. The van der Waals surface area contributed by atoms with Crippen molar-refractivity contribution in [2.45, 2.75) is 30.9 Å². The van der Waals surface area contributed by atoms with Crippen molar-refractivity contribution in [2.75, 3.05) is 11.6 Å². The Hall–Kier alpha value is -3.13. The monoisotopic (exact) mass is 423 g/mol. The molecule has 1 aliphatic carbocycles. The Kier molecular flexibility index (Phi) is 4.39. The van der Waals surface area contributed by atoms with E-state index in [0.717, 1.165) is 36.0 Å². The van der Waals surface area contributed by atoms with Crippen LogP contribution in [0.4, 0.5) is 5.69 Å². The number of aromatic amines is 1. The number of carbonyl (C=O) groups is 1. The molecule has 4 aromatic rings. The number of H-pyrrole nitrogens is 1. The smallest absolute Gasteiger partial charge is 0.291 e. The molecule has 0 spiro atoms. The number of aromatic nitrogens is 2. The van der Waals surface area contributed by atoms with Crippen LogP contribution in [0.25, 0.3) is 22.0 Å². The first-order valence-electron chi connectivity index (χ1n) is 9.86. The average Bonchev–Trinajstić information content (AvgIpc) is 3.20. The molecular weight excluding hydrogens is 402 g/mol. The first kappa shape index (κ1) is 18.9. The fourth-order valence-corrected chi connectivity index (χ4v) is 4.67. The van der Waals surface area contributed by atoms with Gasteiger partial charge in [0.15, 0.2) is 15.6 Å². The number of rotatable bonds is 5. The Morgan fingerprint density at radius 2 is 2.03 bits per heavy atom. The van der Waals surface area contributed by atoms with Crippen molar-refractivity contribution in [2.24, 2.45) is 0 Å². The quantitative estimate of drug-likeness (QED) is 0.496. The second kappa shape index (κ2) is 6.98. The van der Waals surface area contributed by atoms with Crippen LogP contribution >= 0.6 is 0 Å². The molecule has 0 atom stereocenters. The van der Waals surface area contributed by atoms with Crippen LogP contribution in [-0.2, 0) is 15.6 Å². The molecule has 5 rings (SSSR count). The van der Waals surface area contributed by atoms with E-state index in [4.69, 9.17) is 4.42 Å². The summed E-state index contributed by atoms with van der Waals surface area (Å²) in [5, 5.41) is 3.46. The third kappa shape index (κ3) is 3.47. The van der Waals surface area contributed by atoms with Crippen LogP contribution in [0.2, 0.25) is 0 Å². The van der Waals surface area contributed by atoms with Gasteiger partial charge < -0.3 is 14.7 Å². The number of nitrogens with one attached hydrogen (secondary N) is 2. The highest BCUT2D eigenvalue weighted by Crippen LogP contribution is 2.36. The molecule has 30 heavy (non-hydrogen) atoms. The summed E-state index contributed by atoms with van der Waals surface area (Å²) in [7, 11) is -3.35. The fraction of sp³-hybridized carbons (Fsp3) is 0.273. The van der Waals surface area contributed by atoms with E-state index in [2.05, 4.69) is 15.3 Å². The van der Waals surface area contributed by atoms with E-state index >= 15 is 0 Å². The van der Waals surface area contributed by atoms with E-state index in [1.165, 1.54) is 6.42 Å². The predicted molar refractivity (Wildman–Crippen MR) is 115 cm³/mol. The SMILES string of the molecule is CS(=O)(=O)Cc1c(C(=O)Nc2ccc3nc(C4CCC4)[nH]c3c2)oc2ccccc12. The van der Waals surface area contributed by atoms with E-state index < -0.39 is 15.7 Å². The number of para-hydroxylation sites is 1. The predicted octanol–water partition coefficient (Wildman–Crippen LogP) is 4.37. The number of amides is 1. The maximum absolute atomic E-state index is 13.0. The summed E-state index contributed by atoms with van der Waals surface area (Å²) in [5.74, 6) is 0.748. The minimum absolute atomic E-state index is 0.0153. The average molecular weight is 423 g/mol. The molecule has 0 unspecified atom stereocenters. The minimum Gasteiger partial charge on any atom is -0.451 e. The molecule has 2 heterocycles. The number of hydrogen-bond acceptors (Lipinski definition) is 5. The summed E-state index contributed by atoms with van der Waals surface area (Å²) in [6.07, 6.45) is 4.68. The van der Waals surface area contributed by atoms with Gasteiger partial charge in [0.2, 0.25) is 0 Å². The Labute approximate surface area is 173 Å².